The highest BCUT2D eigenvalue weighted by Gasteiger charge is 2.41. The Morgan fingerprint density at radius 2 is 1.89 bits per heavy atom. The van der Waals surface area contributed by atoms with Gasteiger partial charge in [0.25, 0.3) is 0 Å². The molecule has 146 valence electrons. The van der Waals surface area contributed by atoms with E-state index in [1.54, 1.807) is 6.20 Å². The van der Waals surface area contributed by atoms with Gasteiger partial charge < -0.3 is 10.5 Å². The zero-order valence-electron chi connectivity index (χ0n) is 16.3. The van der Waals surface area contributed by atoms with Crippen LogP contribution in [0.25, 0.3) is 10.8 Å². The fourth-order valence-electron chi connectivity index (χ4n) is 4.62. The summed E-state index contributed by atoms with van der Waals surface area (Å²) in [5, 5.41) is 2.77. The molecule has 0 amide bonds. The van der Waals surface area contributed by atoms with Crippen LogP contribution in [0.2, 0.25) is 5.02 Å². The molecule has 0 bridgehead atoms. The van der Waals surface area contributed by atoms with E-state index in [0.29, 0.717) is 5.02 Å². The van der Waals surface area contributed by atoms with Gasteiger partial charge in [-0.25, -0.2) is 0 Å². The lowest BCUT2D eigenvalue weighted by Gasteiger charge is -2.44. The number of hydrogen-bond acceptors (Lipinski definition) is 3. The van der Waals surface area contributed by atoms with Crippen LogP contribution in [-0.2, 0) is 5.41 Å². The third kappa shape index (κ3) is 3.61. The zero-order valence-corrected chi connectivity index (χ0v) is 17.0. The topological polar surface area (TPSA) is 48.1 Å². The Labute approximate surface area is 171 Å². The number of fused-ring (bicyclic) bond motifs is 1. The van der Waals surface area contributed by atoms with E-state index in [9.17, 15) is 0 Å². The van der Waals surface area contributed by atoms with Crippen molar-refractivity contribution < 1.29 is 4.74 Å². The molecular formula is C24H27ClN2O. The molecule has 1 heterocycles. The second kappa shape index (κ2) is 8.10. The maximum absolute atomic E-state index is 6.63. The Kier molecular flexibility index (Phi) is 5.56. The van der Waals surface area contributed by atoms with Crippen molar-refractivity contribution in [2.24, 2.45) is 5.73 Å². The second-order valence-corrected chi connectivity index (χ2v) is 8.27. The minimum atomic E-state index is 0.0364. The lowest BCUT2D eigenvalue weighted by molar-refractivity contribution is 0.104. The molecule has 4 heteroatoms. The quantitative estimate of drug-likeness (QED) is 0.587. The van der Waals surface area contributed by atoms with Gasteiger partial charge in [-0.2, -0.15) is 0 Å². The van der Waals surface area contributed by atoms with Crippen LogP contribution in [0.3, 0.4) is 0 Å². The molecule has 0 aliphatic heterocycles. The molecule has 2 aromatic carbocycles. The van der Waals surface area contributed by atoms with E-state index in [1.807, 2.05) is 24.4 Å². The first-order valence-corrected chi connectivity index (χ1v) is 10.5. The summed E-state index contributed by atoms with van der Waals surface area (Å²) in [4.78, 5) is 4.16. The van der Waals surface area contributed by atoms with Crippen LogP contribution in [0.1, 0.15) is 44.6 Å². The van der Waals surface area contributed by atoms with E-state index in [4.69, 9.17) is 22.1 Å². The van der Waals surface area contributed by atoms with Crippen molar-refractivity contribution in [2.75, 3.05) is 0 Å². The molecule has 1 unspecified atom stereocenters. The molecule has 1 saturated carbocycles. The van der Waals surface area contributed by atoms with Crippen molar-refractivity contribution in [1.29, 1.82) is 0 Å². The Hall–Kier alpha value is -2.10. The summed E-state index contributed by atoms with van der Waals surface area (Å²) in [5.41, 5.74) is 8.03. The number of halogens is 1. The first-order valence-electron chi connectivity index (χ1n) is 10.1. The Bertz CT molecular complexity index is 936. The Morgan fingerprint density at radius 3 is 2.61 bits per heavy atom. The molecule has 0 radical (unpaired) electrons. The maximum atomic E-state index is 6.63. The van der Waals surface area contributed by atoms with Gasteiger partial charge in [-0.15, -0.1) is 0 Å². The van der Waals surface area contributed by atoms with Gasteiger partial charge in [0.2, 0.25) is 0 Å². The molecule has 0 saturated heterocycles. The number of rotatable bonds is 5. The molecule has 1 atom stereocenters. The first kappa shape index (κ1) is 19.2. The van der Waals surface area contributed by atoms with Crippen molar-refractivity contribution >= 4 is 22.4 Å². The van der Waals surface area contributed by atoms with Crippen LogP contribution in [-0.4, -0.2) is 17.1 Å². The highest BCUT2D eigenvalue weighted by atomic mass is 35.5. The molecule has 3 aromatic rings. The van der Waals surface area contributed by atoms with Gasteiger partial charge in [0.05, 0.1) is 11.1 Å². The molecular weight excluding hydrogens is 368 g/mol. The van der Waals surface area contributed by atoms with E-state index in [2.05, 4.69) is 42.2 Å². The van der Waals surface area contributed by atoms with Crippen LogP contribution >= 0.6 is 11.6 Å². The van der Waals surface area contributed by atoms with E-state index in [0.717, 1.165) is 48.6 Å². The zero-order chi connectivity index (χ0) is 19.6. The molecule has 2 N–H and O–H groups in total. The Balaban J connectivity index is 1.52. The van der Waals surface area contributed by atoms with E-state index in [1.165, 1.54) is 5.56 Å². The van der Waals surface area contributed by atoms with Gasteiger partial charge in [0.15, 0.2) is 0 Å². The minimum Gasteiger partial charge on any atom is -0.489 e. The van der Waals surface area contributed by atoms with Gasteiger partial charge >= 0.3 is 0 Å². The van der Waals surface area contributed by atoms with E-state index >= 15 is 0 Å². The van der Waals surface area contributed by atoms with Crippen molar-refractivity contribution in [3.63, 3.8) is 0 Å². The van der Waals surface area contributed by atoms with Gasteiger partial charge in [-0.1, -0.05) is 48.9 Å². The molecule has 28 heavy (non-hydrogen) atoms. The molecule has 1 aliphatic carbocycles. The van der Waals surface area contributed by atoms with Gasteiger partial charge in [0.1, 0.15) is 5.75 Å². The second-order valence-electron chi connectivity index (χ2n) is 7.86. The van der Waals surface area contributed by atoms with Gasteiger partial charge in [-0.05, 0) is 61.3 Å². The monoisotopic (exact) mass is 394 g/mol. The fourth-order valence-corrected chi connectivity index (χ4v) is 4.83. The van der Waals surface area contributed by atoms with Crippen LogP contribution in [0.4, 0.5) is 0 Å². The molecule has 1 aromatic heterocycles. The largest absolute Gasteiger partial charge is 0.489 e. The summed E-state index contributed by atoms with van der Waals surface area (Å²) in [6.07, 6.45) is 8.79. The van der Waals surface area contributed by atoms with Crippen LogP contribution in [0.5, 0.6) is 5.75 Å². The smallest absolute Gasteiger partial charge is 0.138 e. The number of benzene rings is 2. The number of pyridine rings is 1. The molecule has 0 spiro atoms. The average molecular weight is 395 g/mol. The predicted molar refractivity (Wildman–Crippen MR) is 116 cm³/mol. The highest BCUT2D eigenvalue weighted by molar-refractivity contribution is 6.32. The lowest BCUT2D eigenvalue weighted by atomic mass is 9.64. The van der Waals surface area contributed by atoms with E-state index in [-0.39, 0.29) is 17.6 Å². The molecule has 4 rings (SSSR count). The Morgan fingerprint density at radius 1 is 1.14 bits per heavy atom. The standard InChI is InChI=1S/C24H27ClN2O/c1-2-23(26)24(19-6-4-3-5-7-19)11-8-20(9-12-24)28-22-15-17-10-13-27-16-18(17)14-21(22)25/h3-7,10,13-16,20,23H,2,8-9,11-12,26H2,1H3. The van der Waals surface area contributed by atoms with Crippen molar-refractivity contribution in [1.82, 2.24) is 4.98 Å². The summed E-state index contributed by atoms with van der Waals surface area (Å²) in [7, 11) is 0. The number of nitrogens with two attached hydrogens (primary N) is 1. The number of nitrogens with zero attached hydrogens (tertiary/aromatic N) is 1. The molecule has 1 fully saturated rings. The minimum absolute atomic E-state index is 0.0364. The fraction of sp³-hybridized carbons (Fsp3) is 0.375. The van der Waals surface area contributed by atoms with Crippen LogP contribution in [0, 0.1) is 0 Å². The summed E-state index contributed by atoms with van der Waals surface area (Å²) < 4.78 is 6.34. The third-order valence-electron chi connectivity index (χ3n) is 6.31. The van der Waals surface area contributed by atoms with Crippen LogP contribution in [0.15, 0.2) is 60.9 Å². The lowest BCUT2D eigenvalue weighted by Crippen LogP contribution is -2.48. The molecule has 1 aliphatic rings. The molecule has 3 nitrogen and oxygen atoms in total. The summed E-state index contributed by atoms with van der Waals surface area (Å²) in [6.45, 7) is 2.18. The van der Waals surface area contributed by atoms with Crippen LogP contribution < -0.4 is 10.5 Å². The SMILES string of the molecule is CCC(N)C1(c2ccccc2)CCC(Oc2cc3ccncc3cc2Cl)CC1. The normalized spacial score (nSPS) is 23.5. The number of ether oxygens (including phenoxy) is 1. The predicted octanol–water partition coefficient (Wildman–Crippen LogP) is 5.88. The van der Waals surface area contributed by atoms with Crippen molar-refractivity contribution in [3.05, 3.63) is 71.5 Å². The number of hydrogen-bond donors (Lipinski definition) is 1. The summed E-state index contributed by atoms with van der Waals surface area (Å²) in [5.74, 6) is 0.761. The maximum Gasteiger partial charge on any atom is 0.138 e. The van der Waals surface area contributed by atoms with Gasteiger partial charge in [0, 0.05) is 29.2 Å². The van der Waals surface area contributed by atoms with Crippen molar-refractivity contribution in [2.45, 2.75) is 56.6 Å². The van der Waals surface area contributed by atoms with Gasteiger partial charge in [-0.3, -0.25) is 4.98 Å². The first-order chi connectivity index (χ1) is 13.6. The van der Waals surface area contributed by atoms with Crippen molar-refractivity contribution in [3.8, 4) is 5.75 Å². The third-order valence-corrected chi connectivity index (χ3v) is 6.60. The number of aromatic nitrogens is 1. The average Bonchev–Trinajstić information content (AvgIpc) is 2.75. The summed E-state index contributed by atoms with van der Waals surface area (Å²) >= 11 is 6.47. The summed E-state index contributed by atoms with van der Waals surface area (Å²) in [6, 6.07) is 16.9. The highest BCUT2D eigenvalue weighted by Crippen LogP contribution is 2.44. The van der Waals surface area contributed by atoms with E-state index < -0.39 is 0 Å².